The molecule has 10 heteroatoms. The minimum Gasteiger partial charge on any atom is -0.458 e. The molecule has 218 valence electrons. The molecule has 0 unspecified atom stereocenters. The zero-order valence-corrected chi connectivity index (χ0v) is 23.5. The third-order valence-electron chi connectivity index (χ3n) is 10.4. The average molecular weight is 550 g/mol. The number of nitrogens with one attached hydrogen (secondary N) is 1. The van der Waals surface area contributed by atoms with Gasteiger partial charge in [-0.3, -0.25) is 19.2 Å². The summed E-state index contributed by atoms with van der Waals surface area (Å²) in [6.07, 6.45) is 4.13. The second-order valence-electron chi connectivity index (χ2n) is 12.3. The van der Waals surface area contributed by atoms with Gasteiger partial charge in [0, 0.05) is 32.5 Å². The normalized spacial score (nSPS) is 37.4. The van der Waals surface area contributed by atoms with E-state index in [0.717, 1.165) is 24.8 Å². The number of methoxy groups -OCH3 is 2. The Morgan fingerprint density at radius 2 is 1.82 bits per heavy atom. The van der Waals surface area contributed by atoms with Crippen LogP contribution < -0.4 is 5.32 Å². The molecule has 0 aromatic carbocycles. The van der Waals surface area contributed by atoms with Crippen LogP contribution in [0.1, 0.15) is 71.6 Å². The van der Waals surface area contributed by atoms with E-state index in [0.29, 0.717) is 12.8 Å². The van der Waals surface area contributed by atoms with Gasteiger partial charge in [-0.15, -0.1) is 0 Å². The highest BCUT2D eigenvalue weighted by Crippen LogP contribution is 2.67. The summed E-state index contributed by atoms with van der Waals surface area (Å²) >= 11 is 0. The number of aliphatic hydroxyl groups excluding tert-OH is 1. The molecule has 3 saturated carbocycles. The van der Waals surface area contributed by atoms with E-state index >= 15 is 0 Å². The number of rotatable bonds is 10. The van der Waals surface area contributed by atoms with Crippen LogP contribution in [0.25, 0.3) is 0 Å². The number of amides is 1. The van der Waals surface area contributed by atoms with E-state index in [1.807, 2.05) is 6.92 Å². The second-order valence-corrected chi connectivity index (χ2v) is 12.3. The van der Waals surface area contributed by atoms with E-state index in [1.54, 1.807) is 6.08 Å². The van der Waals surface area contributed by atoms with Crippen molar-refractivity contribution in [2.75, 3.05) is 27.4 Å². The maximum Gasteiger partial charge on any atom is 0.306 e. The molecule has 4 rings (SSSR count). The summed E-state index contributed by atoms with van der Waals surface area (Å²) in [4.78, 5) is 49.7. The van der Waals surface area contributed by atoms with Gasteiger partial charge in [0.15, 0.2) is 18.7 Å². The monoisotopic (exact) mass is 549 g/mol. The van der Waals surface area contributed by atoms with Gasteiger partial charge in [-0.2, -0.15) is 0 Å². The quantitative estimate of drug-likeness (QED) is 0.274. The van der Waals surface area contributed by atoms with Crippen molar-refractivity contribution in [2.45, 2.75) is 89.6 Å². The Bertz CT molecular complexity index is 1020. The molecule has 1 amide bonds. The molecule has 0 radical (unpaired) electrons. The number of hydrogen-bond donors (Lipinski definition) is 3. The number of esters is 1. The molecule has 0 saturated heterocycles. The van der Waals surface area contributed by atoms with E-state index in [4.69, 9.17) is 14.2 Å². The van der Waals surface area contributed by atoms with Crippen molar-refractivity contribution in [1.82, 2.24) is 5.32 Å². The predicted molar refractivity (Wildman–Crippen MR) is 139 cm³/mol. The summed E-state index contributed by atoms with van der Waals surface area (Å²) in [6, 6.07) is 0. The summed E-state index contributed by atoms with van der Waals surface area (Å²) in [7, 11) is 2.90. The van der Waals surface area contributed by atoms with Crippen LogP contribution in [0.4, 0.5) is 0 Å². The summed E-state index contributed by atoms with van der Waals surface area (Å²) < 4.78 is 15.2. The van der Waals surface area contributed by atoms with E-state index < -0.39 is 41.8 Å². The fourth-order valence-corrected chi connectivity index (χ4v) is 8.25. The molecule has 0 bridgehead atoms. The summed E-state index contributed by atoms with van der Waals surface area (Å²) in [6.45, 7) is 3.60. The topological polar surface area (TPSA) is 148 Å². The van der Waals surface area contributed by atoms with Gasteiger partial charge >= 0.3 is 5.97 Å². The van der Waals surface area contributed by atoms with Crippen molar-refractivity contribution in [3.8, 4) is 0 Å². The Kier molecular flexibility index (Phi) is 8.71. The van der Waals surface area contributed by atoms with Crippen LogP contribution in [-0.4, -0.2) is 79.0 Å². The fourth-order valence-electron chi connectivity index (χ4n) is 8.25. The Morgan fingerprint density at radius 3 is 2.51 bits per heavy atom. The highest BCUT2D eigenvalue weighted by atomic mass is 16.7. The molecule has 10 nitrogen and oxygen atoms in total. The first-order chi connectivity index (χ1) is 18.4. The number of ketones is 2. The summed E-state index contributed by atoms with van der Waals surface area (Å²) in [5, 5.41) is 25.8. The number of fused-ring (bicyclic) bond motifs is 5. The number of hydrogen-bond acceptors (Lipinski definition) is 9. The first kappa shape index (κ1) is 29.8. The first-order valence-corrected chi connectivity index (χ1v) is 14.0. The van der Waals surface area contributed by atoms with Gasteiger partial charge in [0.05, 0.1) is 19.1 Å². The largest absolute Gasteiger partial charge is 0.458 e. The highest BCUT2D eigenvalue weighted by molar-refractivity contribution is 5.92. The summed E-state index contributed by atoms with van der Waals surface area (Å²) in [5.41, 5.74) is -1.68. The molecular weight excluding hydrogens is 506 g/mol. The lowest BCUT2D eigenvalue weighted by Gasteiger charge is -2.60. The zero-order chi connectivity index (χ0) is 28.6. The number of Topliss-reactive ketones (excluding diaryl/α,β-unsaturated/α-hetero) is 1. The van der Waals surface area contributed by atoms with E-state index in [9.17, 15) is 29.4 Å². The van der Waals surface area contributed by atoms with Crippen molar-refractivity contribution in [3.63, 3.8) is 0 Å². The Labute approximate surface area is 229 Å². The van der Waals surface area contributed by atoms with Crippen LogP contribution >= 0.6 is 0 Å². The van der Waals surface area contributed by atoms with Gasteiger partial charge in [-0.25, -0.2) is 0 Å². The predicted octanol–water partition coefficient (Wildman–Crippen LogP) is 1.85. The number of carbonyl (C=O) groups is 4. The molecule has 3 N–H and O–H groups in total. The van der Waals surface area contributed by atoms with E-state index in [2.05, 4.69) is 12.2 Å². The number of allylic oxidation sites excluding steroid dienone is 1. The Balaban J connectivity index is 1.36. The van der Waals surface area contributed by atoms with Crippen molar-refractivity contribution < 1.29 is 43.6 Å². The molecule has 4 aliphatic rings. The molecule has 0 aromatic rings. The van der Waals surface area contributed by atoms with Crippen LogP contribution in [0.15, 0.2) is 11.6 Å². The molecule has 7 atom stereocenters. The molecule has 0 spiro atoms. The highest BCUT2D eigenvalue weighted by Gasteiger charge is 2.68. The molecule has 0 aromatic heterocycles. The smallest absolute Gasteiger partial charge is 0.306 e. The minimum absolute atomic E-state index is 0.0202. The SMILES string of the molecule is COC(CNC(=O)CCC(=O)OCC(=O)[C@@]1(O)CC[C@@H]2[C@@H]3CCC4=CC(=O)CC[C@]4(C)[C@H]3[C@@H](O)C[C@@]21C)OC. The molecule has 39 heavy (non-hydrogen) atoms. The maximum absolute atomic E-state index is 13.3. The standard InChI is InChI=1S/C29H43NO9/c1-27-11-9-18(31)13-17(27)5-6-19-20-10-12-29(36,28(20,2)14-21(32)26(19)27)22(33)16-39-24(35)8-7-23(34)30-15-25(37-3)38-4/h13,19-21,25-26,32,36H,5-12,14-16H2,1-4H3,(H,30,34)/t19-,20+,21-,26+,27-,28-,29-/m0/s1. The maximum atomic E-state index is 13.3. The van der Waals surface area contributed by atoms with E-state index in [1.165, 1.54) is 14.2 Å². The Hall–Kier alpha value is -2.14. The number of carbonyl (C=O) groups excluding carboxylic acids is 4. The van der Waals surface area contributed by atoms with Crippen LogP contribution in [0.5, 0.6) is 0 Å². The minimum atomic E-state index is -1.71. The molecule has 0 heterocycles. The second kappa shape index (κ2) is 11.4. The van der Waals surface area contributed by atoms with E-state index in [-0.39, 0.29) is 67.1 Å². The van der Waals surface area contributed by atoms with Gasteiger partial charge < -0.3 is 29.7 Å². The molecule has 4 aliphatic carbocycles. The summed E-state index contributed by atoms with van der Waals surface area (Å²) in [5.74, 6) is -1.34. The van der Waals surface area contributed by atoms with Gasteiger partial charge in [-0.05, 0) is 67.8 Å². The number of aliphatic hydroxyl groups is 2. The molecular formula is C29H43NO9. The van der Waals surface area contributed by atoms with Crippen molar-refractivity contribution in [2.24, 2.45) is 28.6 Å². The fraction of sp³-hybridized carbons (Fsp3) is 0.793. The Morgan fingerprint density at radius 1 is 1.10 bits per heavy atom. The van der Waals surface area contributed by atoms with Crippen molar-refractivity contribution >= 4 is 23.4 Å². The van der Waals surface area contributed by atoms with Gasteiger partial charge in [0.2, 0.25) is 11.7 Å². The van der Waals surface area contributed by atoms with Crippen LogP contribution in [-0.2, 0) is 33.4 Å². The van der Waals surface area contributed by atoms with Crippen LogP contribution in [0.3, 0.4) is 0 Å². The van der Waals surface area contributed by atoms with Gasteiger partial charge in [0.25, 0.3) is 0 Å². The molecule has 0 aliphatic heterocycles. The molecule has 3 fully saturated rings. The third kappa shape index (κ3) is 5.33. The number of ether oxygens (including phenoxy) is 3. The first-order valence-electron chi connectivity index (χ1n) is 14.0. The van der Waals surface area contributed by atoms with Crippen LogP contribution in [0, 0.1) is 28.6 Å². The van der Waals surface area contributed by atoms with Gasteiger partial charge in [-0.1, -0.05) is 19.4 Å². The average Bonchev–Trinajstić information content (AvgIpc) is 3.17. The van der Waals surface area contributed by atoms with Crippen molar-refractivity contribution in [1.29, 1.82) is 0 Å². The van der Waals surface area contributed by atoms with Gasteiger partial charge in [0.1, 0.15) is 5.60 Å². The van der Waals surface area contributed by atoms with Crippen LogP contribution in [0.2, 0.25) is 0 Å². The third-order valence-corrected chi connectivity index (χ3v) is 10.4. The lowest BCUT2D eigenvalue weighted by molar-refractivity contribution is -0.184. The lowest BCUT2D eigenvalue weighted by Crippen LogP contribution is -2.62. The lowest BCUT2D eigenvalue weighted by atomic mass is 9.45. The van der Waals surface area contributed by atoms with Crippen molar-refractivity contribution in [3.05, 3.63) is 11.6 Å². The zero-order valence-electron chi connectivity index (χ0n) is 23.5.